The Kier molecular flexibility index (Phi) is 4.54. The van der Waals surface area contributed by atoms with Gasteiger partial charge in [-0.3, -0.25) is 0 Å². The zero-order valence-corrected chi connectivity index (χ0v) is 25.1. The Morgan fingerprint density at radius 1 is 0.667 bits per heavy atom. The number of hydrogen-bond donors (Lipinski definition) is 0. The second kappa shape index (κ2) is 8.18. The van der Waals surface area contributed by atoms with E-state index in [0.29, 0.717) is 0 Å². The lowest BCUT2D eigenvalue weighted by molar-refractivity contribution is 0.224. The smallest absolute Gasteiger partial charge is 0.146 e. The molecule has 0 radical (unpaired) electrons. The van der Waals surface area contributed by atoms with Gasteiger partial charge < -0.3 is 18.1 Å². The average molecular weight is 673 g/mol. The van der Waals surface area contributed by atoms with Crippen LogP contribution in [0.2, 0.25) is 0 Å². The van der Waals surface area contributed by atoms with Crippen molar-refractivity contribution in [1.29, 1.82) is 0 Å². The zero-order valence-electron chi connectivity index (χ0n) is 21.9. The molecule has 0 saturated heterocycles. The molecule has 2 unspecified atom stereocenters. The van der Waals surface area contributed by atoms with E-state index in [1.807, 2.05) is 30.3 Å². The summed E-state index contributed by atoms with van der Waals surface area (Å²) in [5.74, 6) is 0.993. The van der Waals surface area contributed by atoms with Crippen molar-refractivity contribution in [3.63, 3.8) is 0 Å². The first kappa shape index (κ1) is 23.3. The summed E-state index contributed by atoms with van der Waals surface area (Å²) in [4.78, 5) is 0. The monoisotopic (exact) mass is 671 g/mol. The zero-order chi connectivity index (χ0) is 27.7. The standard InChI is InChI=1S/C36H19Br2NO3/c37-23-16-25-33(35-31(23)20-8-2-5-11-28(20)41-35)34-26(17-24(38)32-21-9-3-6-12-29(21)42-36(32)34)39(25)18-13-14-30-22(15-18)19-7-1-4-10-27(19)40-30/h1-17,31,35H. The highest BCUT2D eigenvalue weighted by Crippen LogP contribution is 2.58. The molecule has 10 rings (SSSR count). The Hall–Kier alpha value is -4.26. The van der Waals surface area contributed by atoms with E-state index >= 15 is 0 Å². The molecule has 0 N–H and O–H groups in total. The number of nitrogens with zero attached hydrogens (tertiary/aromatic N) is 1. The average Bonchev–Trinajstić information content (AvgIpc) is 3.75. The summed E-state index contributed by atoms with van der Waals surface area (Å²) in [7, 11) is 0. The number of halogens is 2. The highest BCUT2D eigenvalue weighted by molar-refractivity contribution is 9.11. The summed E-state index contributed by atoms with van der Waals surface area (Å²) in [5, 5.41) is 5.44. The summed E-state index contributed by atoms with van der Waals surface area (Å²) < 4.78 is 24.1. The van der Waals surface area contributed by atoms with Crippen molar-refractivity contribution in [3.05, 3.63) is 123 Å². The minimum Gasteiger partial charge on any atom is -0.484 e. The lowest BCUT2D eigenvalue weighted by Gasteiger charge is -2.25. The summed E-state index contributed by atoms with van der Waals surface area (Å²) in [6.45, 7) is 0. The fourth-order valence-corrected chi connectivity index (χ4v) is 8.48. The first-order valence-corrected chi connectivity index (χ1v) is 15.5. The van der Waals surface area contributed by atoms with Gasteiger partial charge in [0.15, 0.2) is 0 Å². The topological polar surface area (TPSA) is 40.4 Å². The number of aromatic nitrogens is 1. The molecule has 2 atom stereocenters. The van der Waals surface area contributed by atoms with Gasteiger partial charge in [0.25, 0.3) is 0 Å². The highest BCUT2D eigenvalue weighted by Gasteiger charge is 2.44. The van der Waals surface area contributed by atoms with Gasteiger partial charge in [-0.2, -0.15) is 0 Å². The molecular formula is C36H19Br2NO3. The molecule has 6 heteroatoms. The van der Waals surface area contributed by atoms with Crippen molar-refractivity contribution in [2.45, 2.75) is 12.0 Å². The fourth-order valence-electron chi connectivity index (χ4n) is 7.17. The van der Waals surface area contributed by atoms with E-state index in [4.69, 9.17) is 13.6 Å². The van der Waals surface area contributed by atoms with Crippen molar-refractivity contribution in [2.24, 2.45) is 0 Å². The molecule has 0 spiro atoms. The number of rotatable bonds is 1. The third kappa shape index (κ3) is 2.91. The first-order chi connectivity index (χ1) is 20.7. The molecule has 4 heterocycles. The van der Waals surface area contributed by atoms with Crippen LogP contribution in [0.5, 0.6) is 5.75 Å². The number of para-hydroxylation sites is 3. The molecule has 0 fully saturated rings. The molecule has 0 bridgehead atoms. The van der Waals surface area contributed by atoms with Gasteiger partial charge in [0.2, 0.25) is 0 Å². The van der Waals surface area contributed by atoms with E-state index in [1.165, 1.54) is 5.56 Å². The molecular weight excluding hydrogens is 654 g/mol. The molecule has 5 aromatic carbocycles. The summed E-state index contributed by atoms with van der Waals surface area (Å²) in [5.41, 5.74) is 9.03. The maximum atomic E-state index is 6.78. The maximum absolute atomic E-state index is 6.78. The number of benzene rings is 5. The van der Waals surface area contributed by atoms with Crippen molar-refractivity contribution in [1.82, 2.24) is 4.57 Å². The molecule has 4 nitrogen and oxygen atoms in total. The SMILES string of the molecule is BrC1=Cc2c(c3c4oc5ccccc5c4c(Br)cc3n2-c2ccc3oc4ccccc4c3c2)C2Oc3ccccc3C12. The predicted molar refractivity (Wildman–Crippen MR) is 175 cm³/mol. The third-order valence-electron chi connectivity index (χ3n) is 8.89. The van der Waals surface area contributed by atoms with Crippen LogP contribution in [-0.4, -0.2) is 4.57 Å². The Morgan fingerprint density at radius 2 is 1.40 bits per heavy atom. The van der Waals surface area contributed by atoms with Crippen LogP contribution in [0.25, 0.3) is 66.5 Å². The number of furan rings is 2. The van der Waals surface area contributed by atoms with Gasteiger partial charge in [-0.15, -0.1) is 0 Å². The molecule has 200 valence electrons. The van der Waals surface area contributed by atoms with Crippen molar-refractivity contribution >= 4 is 92.7 Å². The van der Waals surface area contributed by atoms with Gasteiger partial charge in [0, 0.05) is 47.3 Å². The molecule has 8 aromatic rings. The van der Waals surface area contributed by atoms with Crippen LogP contribution in [0, 0.1) is 0 Å². The van der Waals surface area contributed by atoms with Gasteiger partial charge in [-0.1, -0.05) is 70.5 Å². The van der Waals surface area contributed by atoms with E-state index in [0.717, 1.165) is 86.4 Å². The molecule has 0 amide bonds. The van der Waals surface area contributed by atoms with Crippen LogP contribution in [0.1, 0.15) is 28.8 Å². The van der Waals surface area contributed by atoms with Crippen LogP contribution >= 0.6 is 31.9 Å². The van der Waals surface area contributed by atoms with E-state index in [9.17, 15) is 0 Å². The molecule has 1 aliphatic heterocycles. The van der Waals surface area contributed by atoms with Crippen LogP contribution < -0.4 is 4.74 Å². The Bertz CT molecular complexity index is 2500. The van der Waals surface area contributed by atoms with Crippen molar-refractivity contribution in [2.75, 3.05) is 0 Å². The maximum Gasteiger partial charge on any atom is 0.146 e. The largest absolute Gasteiger partial charge is 0.484 e. The van der Waals surface area contributed by atoms with E-state index in [2.05, 4.69) is 109 Å². The van der Waals surface area contributed by atoms with Crippen LogP contribution in [0.4, 0.5) is 0 Å². The Morgan fingerprint density at radius 3 is 2.29 bits per heavy atom. The van der Waals surface area contributed by atoms with Crippen LogP contribution in [-0.2, 0) is 0 Å². The molecule has 1 aliphatic carbocycles. The van der Waals surface area contributed by atoms with Gasteiger partial charge in [0.05, 0.1) is 22.5 Å². The molecule has 3 aromatic heterocycles. The van der Waals surface area contributed by atoms with E-state index in [-0.39, 0.29) is 12.0 Å². The molecule has 0 saturated carbocycles. The predicted octanol–water partition coefficient (Wildman–Crippen LogP) is 11.2. The fraction of sp³-hybridized carbons (Fsp3) is 0.0556. The summed E-state index contributed by atoms with van der Waals surface area (Å²) >= 11 is 7.91. The van der Waals surface area contributed by atoms with Gasteiger partial charge in [-0.25, -0.2) is 0 Å². The summed E-state index contributed by atoms with van der Waals surface area (Å²) in [6.07, 6.45) is 2.07. The van der Waals surface area contributed by atoms with Crippen LogP contribution in [0.15, 0.2) is 115 Å². The van der Waals surface area contributed by atoms with E-state index < -0.39 is 0 Å². The van der Waals surface area contributed by atoms with Crippen LogP contribution in [0.3, 0.4) is 0 Å². The van der Waals surface area contributed by atoms with Crippen molar-refractivity contribution < 1.29 is 13.6 Å². The number of hydrogen-bond acceptors (Lipinski definition) is 3. The normalized spacial score (nSPS) is 17.6. The minimum absolute atomic E-state index is 0.0659. The van der Waals surface area contributed by atoms with Gasteiger partial charge >= 0.3 is 0 Å². The minimum atomic E-state index is -0.198. The van der Waals surface area contributed by atoms with Gasteiger partial charge in [-0.05, 0) is 64.5 Å². The molecule has 42 heavy (non-hydrogen) atoms. The first-order valence-electron chi connectivity index (χ1n) is 13.9. The Balaban J connectivity index is 1.36. The molecule has 2 aliphatic rings. The lowest BCUT2D eigenvalue weighted by Crippen LogP contribution is -2.15. The number of fused-ring (bicyclic) bond motifs is 14. The summed E-state index contributed by atoms with van der Waals surface area (Å²) in [6, 6.07) is 33.5. The third-order valence-corrected chi connectivity index (χ3v) is 10.2. The van der Waals surface area contributed by atoms with Crippen molar-refractivity contribution in [3.8, 4) is 11.4 Å². The lowest BCUT2D eigenvalue weighted by atomic mass is 9.85. The second-order valence-electron chi connectivity index (χ2n) is 11.1. The van der Waals surface area contributed by atoms with Gasteiger partial charge in [0.1, 0.15) is 34.2 Å². The van der Waals surface area contributed by atoms with E-state index in [1.54, 1.807) is 0 Å². The number of ether oxygens (including phenoxy) is 1. The quantitative estimate of drug-likeness (QED) is 0.174. The Labute approximate surface area is 256 Å². The highest BCUT2D eigenvalue weighted by atomic mass is 79.9. The second-order valence-corrected chi connectivity index (χ2v) is 12.8.